The molecule has 0 spiro atoms. The number of alkyl halides is 1. The summed E-state index contributed by atoms with van der Waals surface area (Å²) in [5, 5.41) is 0. The van der Waals surface area contributed by atoms with E-state index in [4.69, 9.17) is 14.9 Å². The van der Waals surface area contributed by atoms with E-state index in [2.05, 4.69) is 4.98 Å². The SMILES string of the molecule is COC(=O)c1nc2cc(CC(=O)[C@@H]3[C@H](C4CCCCC4)CCN3C(=O)C3CCC([C@H](N)CF)CC3)ccc2o1. The molecule has 1 aromatic heterocycles. The summed E-state index contributed by atoms with van der Waals surface area (Å²) in [6.45, 7) is 0.0876. The molecule has 8 nitrogen and oxygen atoms in total. The van der Waals surface area contributed by atoms with Gasteiger partial charge in [-0.1, -0.05) is 38.2 Å². The van der Waals surface area contributed by atoms with Gasteiger partial charge in [0, 0.05) is 24.9 Å². The monoisotopic (exact) mass is 541 g/mol. The van der Waals surface area contributed by atoms with Crippen molar-refractivity contribution in [3.05, 3.63) is 29.7 Å². The number of carbonyl (C=O) groups is 3. The second-order valence-corrected chi connectivity index (χ2v) is 11.7. The predicted molar refractivity (Wildman–Crippen MR) is 144 cm³/mol. The molecule has 9 heteroatoms. The average Bonchev–Trinajstić information content (AvgIpc) is 3.61. The number of hydrogen-bond donors (Lipinski definition) is 1. The number of Topliss-reactive ketones (excluding diaryl/α,β-unsaturated/α-hetero) is 1. The number of benzene rings is 1. The molecule has 5 rings (SSSR count). The lowest BCUT2D eigenvalue weighted by Gasteiger charge is -2.37. The largest absolute Gasteiger partial charge is 0.462 e. The lowest BCUT2D eigenvalue weighted by molar-refractivity contribution is -0.143. The van der Waals surface area contributed by atoms with Gasteiger partial charge in [-0.05, 0) is 67.6 Å². The highest BCUT2D eigenvalue weighted by Gasteiger charge is 2.46. The Balaban J connectivity index is 1.34. The number of nitrogens with zero attached hydrogens (tertiary/aromatic N) is 2. The number of hydrogen-bond acceptors (Lipinski definition) is 7. The molecule has 2 aromatic rings. The van der Waals surface area contributed by atoms with E-state index in [0.29, 0.717) is 36.4 Å². The summed E-state index contributed by atoms with van der Waals surface area (Å²) in [7, 11) is 1.27. The van der Waals surface area contributed by atoms with Crippen LogP contribution in [0.5, 0.6) is 0 Å². The van der Waals surface area contributed by atoms with E-state index >= 15 is 0 Å². The third-order valence-corrected chi connectivity index (χ3v) is 9.41. The number of oxazole rings is 1. The Morgan fingerprint density at radius 3 is 2.54 bits per heavy atom. The molecular formula is C30H40FN3O5. The number of rotatable bonds is 8. The second kappa shape index (κ2) is 12.1. The molecule has 0 bridgehead atoms. The van der Waals surface area contributed by atoms with Crippen LogP contribution in [-0.2, 0) is 20.7 Å². The molecule has 1 aliphatic heterocycles. The van der Waals surface area contributed by atoms with E-state index < -0.39 is 24.7 Å². The van der Waals surface area contributed by atoms with Crippen molar-refractivity contribution in [1.82, 2.24) is 9.88 Å². The van der Waals surface area contributed by atoms with Crippen molar-refractivity contribution in [3.8, 4) is 0 Å². The van der Waals surface area contributed by atoms with E-state index in [0.717, 1.165) is 37.7 Å². The Hall–Kier alpha value is -2.81. The molecule has 0 unspecified atom stereocenters. The van der Waals surface area contributed by atoms with Crippen LogP contribution in [0.3, 0.4) is 0 Å². The molecule has 39 heavy (non-hydrogen) atoms. The average molecular weight is 542 g/mol. The van der Waals surface area contributed by atoms with Crippen LogP contribution in [0.25, 0.3) is 11.1 Å². The number of methoxy groups -OCH3 is 1. The molecule has 1 saturated heterocycles. The first-order chi connectivity index (χ1) is 18.9. The van der Waals surface area contributed by atoms with Crippen LogP contribution < -0.4 is 5.73 Å². The lowest BCUT2D eigenvalue weighted by atomic mass is 9.75. The number of aromatic nitrogens is 1. The van der Waals surface area contributed by atoms with Gasteiger partial charge in [0.15, 0.2) is 11.4 Å². The fourth-order valence-corrected chi connectivity index (χ4v) is 7.25. The normalized spacial score (nSPS) is 27.0. The lowest BCUT2D eigenvalue weighted by Crippen LogP contribution is -2.48. The van der Waals surface area contributed by atoms with E-state index in [1.807, 2.05) is 11.0 Å². The van der Waals surface area contributed by atoms with Crippen molar-refractivity contribution >= 4 is 28.8 Å². The van der Waals surface area contributed by atoms with Crippen LogP contribution in [0.1, 0.15) is 80.5 Å². The number of esters is 1. The van der Waals surface area contributed by atoms with Crippen molar-refractivity contribution in [2.24, 2.45) is 29.4 Å². The van der Waals surface area contributed by atoms with Gasteiger partial charge < -0.3 is 19.8 Å². The maximum Gasteiger partial charge on any atom is 0.394 e. The topological polar surface area (TPSA) is 116 Å². The second-order valence-electron chi connectivity index (χ2n) is 11.7. The number of ketones is 1. The van der Waals surface area contributed by atoms with Crippen molar-refractivity contribution in [2.75, 3.05) is 20.3 Å². The molecule has 2 N–H and O–H groups in total. The van der Waals surface area contributed by atoms with Gasteiger partial charge in [-0.2, -0.15) is 0 Å². The van der Waals surface area contributed by atoms with Crippen molar-refractivity contribution in [1.29, 1.82) is 0 Å². The summed E-state index contributed by atoms with van der Waals surface area (Å²) in [6, 6.07) is 4.43. The Bertz CT molecular complexity index is 1180. The van der Waals surface area contributed by atoms with Crippen molar-refractivity contribution in [3.63, 3.8) is 0 Å². The summed E-state index contributed by atoms with van der Waals surface area (Å²) in [5.74, 6) is -0.00525. The van der Waals surface area contributed by atoms with Crippen LogP contribution >= 0.6 is 0 Å². The van der Waals surface area contributed by atoms with Crippen molar-refractivity contribution in [2.45, 2.75) is 82.7 Å². The number of nitrogens with two attached hydrogens (primary N) is 1. The van der Waals surface area contributed by atoms with Gasteiger partial charge in [0.25, 0.3) is 0 Å². The summed E-state index contributed by atoms with van der Waals surface area (Å²) in [5.41, 5.74) is 7.66. The number of halogens is 1. The summed E-state index contributed by atoms with van der Waals surface area (Å²) in [4.78, 5) is 45.7. The quantitative estimate of drug-likeness (QED) is 0.485. The Morgan fingerprint density at radius 1 is 1.10 bits per heavy atom. The summed E-state index contributed by atoms with van der Waals surface area (Å²) >= 11 is 0. The molecule has 2 saturated carbocycles. The van der Waals surface area contributed by atoms with E-state index in [1.54, 1.807) is 12.1 Å². The first-order valence-electron chi connectivity index (χ1n) is 14.5. The summed E-state index contributed by atoms with van der Waals surface area (Å²) < 4.78 is 23.2. The standard InChI is InChI=1S/C30H40FN3O5/c1-38-30(37)28-33-24-15-18(7-12-26(24)39-28)16-25(35)27-22(19-5-3-2-4-6-19)13-14-34(27)29(36)21-10-8-20(9-11-21)23(32)17-31/h7,12,15,19-23,27H,2-6,8-11,13-14,16-17,32H2,1H3/t20?,21?,22-,23+,27-/m0/s1. The van der Waals surface area contributed by atoms with Crippen LogP contribution in [-0.4, -0.2) is 60.0 Å². The minimum Gasteiger partial charge on any atom is -0.462 e. The minimum atomic E-state index is -0.653. The van der Waals surface area contributed by atoms with Gasteiger partial charge in [-0.3, -0.25) is 9.59 Å². The first kappa shape index (κ1) is 27.7. The van der Waals surface area contributed by atoms with Crippen molar-refractivity contribution < 1.29 is 27.9 Å². The Kier molecular flexibility index (Phi) is 8.64. The van der Waals surface area contributed by atoms with Gasteiger partial charge in [0.1, 0.15) is 12.2 Å². The highest BCUT2D eigenvalue weighted by atomic mass is 19.1. The molecule has 1 aromatic carbocycles. The maximum absolute atomic E-state index is 14.0. The molecular weight excluding hydrogens is 501 g/mol. The molecule has 0 radical (unpaired) electrons. The highest BCUT2D eigenvalue weighted by molar-refractivity contribution is 5.93. The van der Waals surface area contributed by atoms with Gasteiger partial charge in [0.05, 0.1) is 13.2 Å². The third-order valence-electron chi connectivity index (χ3n) is 9.41. The van der Waals surface area contributed by atoms with Crippen LogP contribution in [0, 0.1) is 23.7 Å². The molecule has 3 aliphatic rings. The Labute approximate surface area is 228 Å². The zero-order valence-electron chi connectivity index (χ0n) is 22.8. The van der Waals surface area contributed by atoms with Crippen LogP contribution in [0.4, 0.5) is 4.39 Å². The molecule has 2 heterocycles. The number of ether oxygens (including phenoxy) is 1. The predicted octanol–water partition coefficient (Wildman–Crippen LogP) is 4.63. The number of fused-ring (bicyclic) bond motifs is 1. The fourth-order valence-electron chi connectivity index (χ4n) is 7.25. The molecule has 3 atom stereocenters. The third kappa shape index (κ3) is 5.88. The maximum atomic E-state index is 14.0. The minimum absolute atomic E-state index is 0.0561. The molecule has 3 fully saturated rings. The highest BCUT2D eigenvalue weighted by Crippen LogP contribution is 2.41. The molecule has 1 amide bonds. The molecule has 2 aliphatic carbocycles. The Morgan fingerprint density at radius 2 is 1.85 bits per heavy atom. The van der Waals surface area contributed by atoms with Gasteiger partial charge in [-0.25, -0.2) is 14.2 Å². The smallest absolute Gasteiger partial charge is 0.394 e. The van der Waals surface area contributed by atoms with Crippen LogP contribution in [0.2, 0.25) is 0 Å². The zero-order chi connectivity index (χ0) is 27.5. The van der Waals surface area contributed by atoms with Gasteiger partial charge >= 0.3 is 11.9 Å². The van der Waals surface area contributed by atoms with E-state index in [-0.39, 0.29) is 41.8 Å². The summed E-state index contributed by atoms with van der Waals surface area (Å²) in [6.07, 6.45) is 9.79. The van der Waals surface area contributed by atoms with E-state index in [1.165, 1.54) is 26.4 Å². The number of carbonyl (C=O) groups excluding carboxylic acids is 3. The molecule has 212 valence electrons. The van der Waals surface area contributed by atoms with Crippen LogP contribution in [0.15, 0.2) is 22.6 Å². The fraction of sp³-hybridized carbons (Fsp3) is 0.667. The van der Waals surface area contributed by atoms with Gasteiger partial charge in [0.2, 0.25) is 5.91 Å². The number of amides is 1. The number of likely N-dealkylation sites (tertiary alicyclic amines) is 1. The first-order valence-corrected chi connectivity index (χ1v) is 14.5. The van der Waals surface area contributed by atoms with E-state index in [9.17, 15) is 18.8 Å². The van der Waals surface area contributed by atoms with Gasteiger partial charge in [-0.15, -0.1) is 0 Å². The zero-order valence-corrected chi connectivity index (χ0v) is 22.8.